The standard InChI is InChI=1S/C13H30N2/c1-6-12(7-2)11-15(9-4)13(8-3)10-14-5/h12-14H,6-11H2,1-5H3. The second-order valence-electron chi connectivity index (χ2n) is 4.39. The van der Waals surface area contributed by atoms with Gasteiger partial charge in [-0.05, 0) is 25.9 Å². The van der Waals surface area contributed by atoms with Crippen LogP contribution in [0.1, 0.15) is 47.0 Å². The summed E-state index contributed by atoms with van der Waals surface area (Å²) >= 11 is 0. The molecule has 0 saturated carbocycles. The lowest BCUT2D eigenvalue weighted by Crippen LogP contribution is -2.43. The molecule has 0 rings (SSSR count). The quantitative estimate of drug-likeness (QED) is 0.635. The number of nitrogens with one attached hydrogen (secondary N) is 1. The molecule has 2 nitrogen and oxygen atoms in total. The van der Waals surface area contributed by atoms with Crippen molar-refractivity contribution < 1.29 is 0 Å². The molecule has 0 radical (unpaired) electrons. The van der Waals surface area contributed by atoms with E-state index in [4.69, 9.17) is 0 Å². The average molecular weight is 214 g/mol. The van der Waals surface area contributed by atoms with Crippen molar-refractivity contribution in [3.05, 3.63) is 0 Å². The lowest BCUT2D eigenvalue weighted by Gasteiger charge is -2.32. The first-order valence-corrected chi connectivity index (χ1v) is 6.61. The molecule has 0 heterocycles. The molecule has 2 heteroatoms. The van der Waals surface area contributed by atoms with Crippen LogP contribution in [0.5, 0.6) is 0 Å². The van der Waals surface area contributed by atoms with E-state index in [1.807, 2.05) is 7.05 Å². The van der Waals surface area contributed by atoms with Crippen molar-refractivity contribution in [3.8, 4) is 0 Å². The monoisotopic (exact) mass is 214 g/mol. The fourth-order valence-corrected chi connectivity index (χ4v) is 2.18. The van der Waals surface area contributed by atoms with Gasteiger partial charge in [-0.25, -0.2) is 0 Å². The Hall–Kier alpha value is -0.0800. The third-order valence-corrected chi connectivity index (χ3v) is 3.48. The Morgan fingerprint density at radius 2 is 1.60 bits per heavy atom. The van der Waals surface area contributed by atoms with E-state index in [-0.39, 0.29) is 0 Å². The summed E-state index contributed by atoms with van der Waals surface area (Å²) in [4.78, 5) is 2.63. The molecule has 15 heavy (non-hydrogen) atoms. The SMILES string of the molecule is CCC(CC)CN(CC)C(CC)CNC. The zero-order valence-electron chi connectivity index (χ0n) is 11.3. The molecular weight excluding hydrogens is 184 g/mol. The van der Waals surface area contributed by atoms with Crippen LogP contribution in [0.4, 0.5) is 0 Å². The van der Waals surface area contributed by atoms with E-state index in [2.05, 4.69) is 37.9 Å². The van der Waals surface area contributed by atoms with Crippen LogP contribution < -0.4 is 5.32 Å². The molecule has 1 atom stereocenters. The first-order valence-electron chi connectivity index (χ1n) is 6.61. The van der Waals surface area contributed by atoms with Gasteiger partial charge in [0.15, 0.2) is 0 Å². The second kappa shape index (κ2) is 9.17. The van der Waals surface area contributed by atoms with Gasteiger partial charge in [0.1, 0.15) is 0 Å². The summed E-state index contributed by atoms with van der Waals surface area (Å²) in [6, 6.07) is 0.709. The molecule has 0 amide bonds. The molecule has 0 spiro atoms. The minimum absolute atomic E-state index is 0.709. The van der Waals surface area contributed by atoms with Gasteiger partial charge in [-0.3, -0.25) is 4.90 Å². The van der Waals surface area contributed by atoms with Crippen LogP contribution in [-0.2, 0) is 0 Å². The fraction of sp³-hybridized carbons (Fsp3) is 1.00. The molecule has 1 unspecified atom stereocenters. The Morgan fingerprint density at radius 1 is 1.00 bits per heavy atom. The van der Waals surface area contributed by atoms with E-state index in [1.165, 1.54) is 32.4 Å². The van der Waals surface area contributed by atoms with Crippen molar-refractivity contribution in [1.29, 1.82) is 0 Å². The Bertz CT molecular complexity index is 132. The van der Waals surface area contributed by atoms with Gasteiger partial charge in [0.05, 0.1) is 0 Å². The van der Waals surface area contributed by atoms with Crippen molar-refractivity contribution in [2.45, 2.75) is 53.0 Å². The van der Waals surface area contributed by atoms with Crippen LogP contribution in [-0.4, -0.2) is 37.6 Å². The first kappa shape index (κ1) is 14.9. The van der Waals surface area contributed by atoms with E-state index in [1.54, 1.807) is 0 Å². The fourth-order valence-electron chi connectivity index (χ4n) is 2.18. The molecule has 92 valence electrons. The van der Waals surface area contributed by atoms with Gasteiger partial charge in [-0.2, -0.15) is 0 Å². The second-order valence-corrected chi connectivity index (χ2v) is 4.39. The smallest absolute Gasteiger partial charge is 0.0217 e. The van der Waals surface area contributed by atoms with Crippen LogP contribution in [0.25, 0.3) is 0 Å². The lowest BCUT2D eigenvalue weighted by atomic mass is 10.0. The highest BCUT2D eigenvalue weighted by atomic mass is 15.2. The maximum atomic E-state index is 3.30. The van der Waals surface area contributed by atoms with Crippen molar-refractivity contribution in [2.75, 3.05) is 26.7 Å². The van der Waals surface area contributed by atoms with Gasteiger partial charge in [-0.1, -0.05) is 40.5 Å². The van der Waals surface area contributed by atoms with Crippen molar-refractivity contribution in [1.82, 2.24) is 10.2 Å². The van der Waals surface area contributed by atoms with Crippen LogP contribution in [0, 0.1) is 5.92 Å². The van der Waals surface area contributed by atoms with Gasteiger partial charge < -0.3 is 5.32 Å². The third kappa shape index (κ3) is 5.53. The number of hydrogen-bond acceptors (Lipinski definition) is 2. The first-order chi connectivity index (χ1) is 7.23. The number of likely N-dealkylation sites (N-methyl/N-ethyl adjacent to an activating group) is 2. The molecular formula is C13H30N2. The minimum Gasteiger partial charge on any atom is -0.318 e. The summed E-state index contributed by atoms with van der Waals surface area (Å²) in [5.41, 5.74) is 0. The molecule has 0 aliphatic heterocycles. The highest BCUT2D eigenvalue weighted by Crippen LogP contribution is 2.13. The predicted octanol–water partition coefficient (Wildman–Crippen LogP) is 2.74. The maximum Gasteiger partial charge on any atom is 0.0217 e. The molecule has 0 bridgehead atoms. The summed E-state index contributed by atoms with van der Waals surface area (Å²) < 4.78 is 0. The van der Waals surface area contributed by atoms with Gasteiger partial charge >= 0.3 is 0 Å². The van der Waals surface area contributed by atoms with Crippen LogP contribution in [0.15, 0.2) is 0 Å². The molecule has 0 aromatic heterocycles. The molecule has 0 saturated heterocycles. The number of rotatable bonds is 9. The third-order valence-electron chi connectivity index (χ3n) is 3.48. The average Bonchev–Trinajstić information content (AvgIpc) is 2.28. The molecule has 0 aliphatic rings. The molecule has 0 aromatic rings. The van der Waals surface area contributed by atoms with Gasteiger partial charge in [-0.15, -0.1) is 0 Å². The Balaban J connectivity index is 4.17. The summed E-state index contributed by atoms with van der Waals surface area (Å²) in [7, 11) is 2.05. The molecule has 0 fully saturated rings. The van der Waals surface area contributed by atoms with Gasteiger partial charge in [0, 0.05) is 19.1 Å². The topological polar surface area (TPSA) is 15.3 Å². The zero-order valence-corrected chi connectivity index (χ0v) is 11.3. The highest BCUT2D eigenvalue weighted by Gasteiger charge is 2.17. The van der Waals surface area contributed by atoms with Crippen molar-refractivity contribution in [3.63, 3.8) is 0 Å². The number of hydrogen-bond donors (Lipinski definition) is 1. The number of nitrogens with zero attached hydrogens (tertiary/aromatic N) is 1. The zero-order chi connectivity index (χ0) is 11.7. The summed E-state index contributed by atoms with van der Waals surface area (Å²) in [5.74, 6) is 0.871. The normalized spacial score (nSPS) is 13.8. The minimum atomic E-state index is 0.709. The highest BCUT2D eigenvalue weighted by molar-refractivity contribution is 4.73. The van der Waals surface area contributed by atoms with Crippen LogP contribution >= 0.6 is 0 Å². The van der Waals surface area contributed by atoms with E-state index >= 15 is 0 Å². The maximum absolute atomic E-state index is 3.30. The van der Waals surface area contributed by atoms with E-state index < -0.39 is 0 Å². The lowest BCUT2D eigenvalue weighted by molar-refractivity contribution is 0.164. The summed E-state index contributed by atoms with van der Waals surface area (Å²) in [6.07, 6.45) is 3.86. The Morgan fingerprint density at radius 3 is 1.93 bits per heavy atom. The Kier molecular flexibility index (Phi) is 9.12. The van der Waals surface area contributed by atoms with Gasteiger partial charge in [0.25, 0.3) is 0 Å². The molecule has 0 aromatic carbocycles. The Labute approximate surface area is 96.4 Å². The van der Waals surface area contributed by atoms with Gasteiger partial charge in [0.2, 0.25) is 0 Å². The van der Waals surface area contributed by atoms with Crippen LogP contribution in [0.2, 0.25) is 0 Å². The van der Waals surface area contributed by atoms with Crippen LogP contribution in [0.3, 0.4) is 0 Å². The summed E-state index contributed by atoms with van der Waals surface area (Å²) in [6.45, 7) is 12.7. The van der Waals surface area contributed by atoms with E-state index in [9.17, 15) is 0 Å². The van der Waals surface area contributed by atoms with Crippen molar-refractivity contribution in [2.24, 2.45) is 5.92 Å². The van der Waals surface area contributed by atoms with E-state index in [0.29, 0.717) is 6.04 Å². The summed E-state index contributed by atoms with van der Waals surface area (Å²) in [5, 5.41) is 3.30. The molecule has 1 N–H and O–H groups in total. The molecule has 0 aliphatic carbocycles. The predicted molar refractivity (Wildman–Crippen MR) is 69.3 cm³/mol. The van der Waals surface area contributed by atoms with Crippen molar-refractivity contribution >= 4 is 0 Å². The van der Waals surface area contributed by atoms with E-state index in [0.717, 1.165) is 12.5 Å². The largest absolute Gasteiger partial charge is 0.318 e.